The van der Waals surface area contributed by atoms with Gasteiger partial charge in [0, 0.05) is 17.6 Å². The zero-order valence-corrected chi connectivity index (χ0v) is 11.8. The normalized spacial score (nSPS) is 11.5. The van der Waals surface area contributed by atoms with Gasteiger partial charge >= 0.3 is 0 Å². The summed E-state index contributed by atoms with van der Waals surface area (Å²) in [5, 5.41) is 3.45. The fourth-order valence-corrected chi connectivity index (χ4v) is 1.68. The first-order valence-corrected chi connectivity index (χ1v) is 6.53. The van der Waals surface area contributed by atoms with E-state index >= 15 is 0 Å². The van der Waals surface area contributed by atoms with E-state index in [0.29, 0.717) is 6.61 Å². The molecular formula is C16H21NO2. The summed E-state index contributed by atoms with van der Waals surface area (Å²) in [6.07, 6.45) is 1.71. The Kier molecular flexibility index (Phi) is 4.27. The van der Waals surface area contributed by atoms with Gasteiger partial charge in [-0.2, -0.15) is 0 Å². The minimum atomic E-state index is 0.0921. The van der Waals surface area contributed by atoms with Crippen LogP contribution in [0.3, 0.4) is 0 Å². The van der Waals surface area contributed by atoms with Crippen molar-refractivity contribution in [3.8, 4) is 5.75 Å². The molecule has 0 atom stereocenters. The highest BCUT2D eigenvalue weighted by Crippen LogP contribution is 2.16. The van der Waals surface area contributed by atoms with Crippen LogP contribution in [-0.4, -0.2) is 5.54 Å². The number of hydrogen-bond donors (Lipinski definition) is 1. The lowest BCUT2D eigenvalue weighted by Crippen LogP contribution is -2.35. The van der Waals surface area contributed by atoms with Gasteiger partial charge < -0.3 is 14.5 Å². The summed E-state index contributed by atoms with van der Waals surface area (Å²) in [7, 11) is 0. The first-order chi connectivity index (χ1) is 9.04. The quantitative estimate of drug-likeness (QED) is 0.888. The predicted molar refractivity (Wildman–Crippen MR) is 76.1 cm³/mol. The minimum Gasteiger partial charge on any atom is -0.486 e. The highest BCUT2D eigenvalue weighted by Gasteiger charge is 2.12. The van der Waals surface area contributed by atoms with Crippen LogP contribution in [0.1, 0.15) is 32.1 Å². The summed E-state index contributed by atoms with van der Waals surface area (Å²) in [5.74, 6) is 1.73. The summed E-state index contributed by atoms with van der Waals surface area (Å²) in [6, 6.07) is 11.8. The maximum Gasteiger partial charge on any atom is 0.146 e. The summed E-state index contributed by atoms with van der Waals surface area (Å²) in [6.45, 7) is 7.68. The molecular weight excluding hydrogens is 238 g/mol. The first kappa shape index (κ1) is 13.7. The fourth-order valence-electron chi connectivity index (χ4n) is 1.68. The zero-order valence-electron chi connectivity index (χ0n) is 11.8. The number of hydrogen-bond acceptors (Lipinski definition) is 3. The molecule has 2 rings (SSSR count). The van der Waals surface area contributed by atoms with E-state index in [2.05, 4.69) is 26.1 Å². The number of para-hydroxylation sites is 1. The molecule has 0 bridgehead atoms. The zero-order chi connectivity index (χ0) is 13.7. The fraction of sp³-hybridized carbons (Fsp3) is 0.375. The van der Waals surface area contributed by atoms with Crippen LogP contribution < -0.4 is 10.1 Å². The Bertz CT molecular complexity index is 497. The van der Waals surface area contributed by atoms with E-state index < -0.39 is 0 Å². The lowest BCUT2D eigenvalue weighted by atomic mass is 10.1. The summed E-state index contributed by atoms with van der Waals surface area (Å²) >= 11 is 0. The molecule has 0 aliphatic rings. The van der Waals surface area contributed by atoms with E-state index in [4.69, 9.17) is 9.15 Å². The maximum absolute atomic E-state index is 5.70. The van der Waals surface area contributed by atoms with E-state index in [1.165, 1.54) is 0 Å². The molecule has 0 fully saturated rings. The predicted octanol–water partition coefficient (Wildman–Crippen LogP) is 3.75. The van der Waals surface area contributed by atoms with E-state index in [9.17, 15) is 0 Å². The van der Waals surface area contributed by atoms with E-state index in [1.54, 1.807) is 6.26 Å². The number of ether oxygens (including phenoxy) is 1. The van der Waals surface area contributed by atoms with Crippen LogP contribution in [0.15, 0.2) is 47.1 Å². The van der Waals surface area contributed by atoms with Gasteiger partial charge in [0.15, 0.2) is 0 Å². The van der Waals surface area contributed by atoms with Crippen molar-refractivity contribution < 1.29 is 9.15 Å². The van der Waals surface area contributed by atoms with Crippen LogP contribution in [-0.2, 0) is 13.2 Å². The van der Waals surface area contributed by atoms with Crippen LogP contribution in [0.25, 0.3) is 0 Å². The Labute approximate surface area is 114 Å². The molecule has 3 nitrogen and oxygen atoms in total. The molecule has 0 aliphatic heterocycles. The molecule has 0 aliphatic carbocycles. The molecule has 0 amide bonds. The standard InChI is InChI=1S/C16H21NO2/c1-16(2,3)17-11-13-9-10-18-15(13)12-19-14-7-5-4-6-8-14/h4-10,17H,11-12H2,1-3H3. The van der Waals surface area contributed by atoms with Crippen molar-refractivity contribution in [2.75, 3.05) is 0 Å². The largest absolute Gasteiger partial charge is 0.486 e. The highest BCUT2D eigenvalue weighted by atomic mass is 16.5. The summed E-state index contributed by atoms with van der Waals surface area (Å²) in [4.78, 5) is 0. The average Bonchev–Trinajstić information content (AvgIpc) is 2.82. The molecule has 0 saturated carbocycles. The third kappa shape index (κ3) is 4.45. The van der Waals surface area contributed by atoms with Gasteiger partial charge in [0.25, 0.3) is 0 Å². The average molecular weight is 259 g/mol. The molecule has 0 unspecified atom stereocenters. The first-order valence-electron chi connectivity index (χ1n) is 6.53. The van der Waals surface area contributed by atoms with Gasteiger partial charge in [-0.3, -0.25) is 0 Å². The molecule has 1 heterocycles. The van der Waals surface area contributed by atoms with Crippen LogP contribution in [0, 0.1) is 0 Å². The molecule has 102 valence electrons. The van der Waals surface area contributed by atoms with Crippen LogP contribution >= 0.6 is 0 Å². The van der Waals surface area contributed by atoms with Crippen molar-refractivity contribution in [2.45, 2.75) is 39.5 Å². The third-order valence-electron chi connectivity index (χ3n) is 2.76. The van der Waals surface area contributed by atoms with E-state index in [-0.39, 0.29) is 5.54 Å². The topological polar surface area (TPSA) is 34.4 Å². The number of furan rings is 1. The van der Waals surface area contributed by atoms with Gasteiger partial charge in [0.1, 0.15) is 18.1 Å². The molecule has 0 saturated heterocycles. The van der Waals surface area contributed by atoms with Crippen LogP contribution in [0.4, 0.5) is 0 Å². The van der Waals surface area contributed by atoms with Crippen molar-refractivity contribution in [3.05, 3.63) is 54.0 Å². The van der Waals surface area contributed by atoms with Gasteiger partial charge in [0.05, 0.1) is 6.26 Å². The van der Waals surface area contributed by atoms with E-state index in [1.807, 2.05) is 36.4 Å². The number of rotatable bonds is 5. The monoisotopic (exact) mass is 259 g/mol. The Balaban J connectivity index is 1.92. The second-order valence-corrected chi connectivity index (χ2v) is 5.57. The summed E-state index contributed by atoms with van der Waals surface area (Å²) in [5.41, 5.74) is 1.24. The van der Waals surface area contributed by atoms with Crippen LogP contribution in [0.5, 0.6) is 5.75 Å². The molecule has 1 aromatic carbocycles. The SMILES string of the molecule is CC(C)(C)NCc1ccoc1COc1ccccc1. The molecule has 1 aromatic heterocycles. The van der Waals surface area contributed by atoms with Crippen molar-refractivity contribution in [3.63, 3.8) is 0 Å². The van der Waals surface area contributed by atoms with E-state index in [0.717, 1.165) is 23.6 Å². The van der Waals surface area contributed by atoms with Crippen LogP contribution in [0.2, 0.25) is 0 Å². The second kappa shape index (κ2) is 5.93. The molecule has 2 aromatic rings. The van der Waals surface area contributed by atoms with Crippen molar-refractivity contribution in [2.24, 2.45) is 0 Å². The van der Waals surface area contributed by atoms with Crippen molar-refractivity contribution in [1.82, 2.24) is 5.32 Å². The molecule has 1 N–H and O–H groups in total. The smallest absolute Gasteiger partial charge is 0.146 e. The highest BCUT2D eigenvalue weighted by molar-refractivity contribution is 5.22. The molecule has 0 spiro atoms. The lowest BCUT2D eigenvalue weighted by molar-refractivity contribution is 0.267. The van der Waals surface area contributed by atoms with Gasteiger partial charge in [0.2, 0.25) is 0 Å². The third-order valence-corrected chi connectivity index (χ3v) is 2.76. The van der Waals surface area contributed by atoms with Crippen molar-refractivity contribution in [1.29, 1.82) is 0 Å². The van der Waals surface area contributed by atoms with Gasteiger partial charge in [-0.1, -0.05) is 18.2 Å². The minimum absolute atomic E-state index is 0.0921. The Hall–Kier alpha value is -1.74. The maximum atomic E-state index is 5.70. The second-order valence-electron chi connectivity index (χ2n) is 5.57. The van der Waals surface area contributed by atoms with Gasteiger partial charge in [-0.15, -0.1) is 0 Å². The molecule has 3 heteroatoms. The van der Waals surface area contributed by atoms with Gasteiger partial charge in [-0.25, -0.2) is 0 Å². The molecule has 19 heavy (non-hydrogen) atoms. The number of nitrogens with one attached hydrogen (secondary N) is 1. The number of benzene rings is 1. The Morgan fingerprint density at radius 3 is 2.53 bits per heavy atom. The molecule has 0 radical (unpaired) electrons. The Morgan fingerprint density at radius 2 is 1.84 bits per heavy atom. The van der Waals surface area contributed by atoms with Gasteiger partial charge in [-0.05, 0) is 39.0 Å². The van der Waals surface area contributed by atoms with Crippen molar-refractivity contribution >= 4 is 0 Å². The Morgan fingerprint density at radius 1 is 1.11 bits per heavy atom. The lowest BCUT2D eigenvalue weighted by Gasteiger charge is -2.20. The summed E-state index contributed by atoms with van der Waals surface area (Å²) < 4.78 is 11.2.